The number of aryl methyl sites for hydroxylation is 1. The highest BCUT2D eigenvalue weighted by atomic mass is 32.1. The zero-order chi connectivity index (χ0) is 27.5. The Morgan fingerprint density at radius 3 is 2.39 bits per heavy atom. The van der Waals surface area contributed by atoms with Gasteiger partial charge in [-0.3, -0.25) is 4.79 Å². The van der Waals surface area contributed by atoms with Crippen LogP contribution in [0.1, 0.15) is 64.9 Å². The summed E-state index contributed by atoms with van der Waals surface area (Å²) in [6, 6.07) is 12.1. The van der Waals surface area contributed by atoms with Crippen molar-refractivity contribution in [3.05, 3.63) is 54.1 Å². The maximum Gasteiger partial charge on any atom is 0.408 e. The summed E-state index contributed by atoms with van der Waals surface area (Å²) in [5.41, 5.74) is 0.389. The molecule has 3 aromatic rings. The van der Waals surface area contributed by atoms with E-state index < -0.39 is 17.2 Å². The summed E-state index contributed by atoms with van der Waals surface area (Å²) < 4.78 is 5.33. The first-order valence-electron chi connectivity index (χ1n) is 12.8. The molecular formula is C28H36N6O3S. The Bertz CT molecular complexity index is 1280. The normalized spacial score (nSPS) is 14.7. The van der Waals surface area contributed by atoms with Crippen LogP contribution in [-0.4, -0.2) is 56.1 Å². The number of benzene rings is 1. The molecule has 0 saturated carbocycles. The Kier molecular flexibility index (Phi) is 8.01. The number of amides is 2. The van der Waals surface area contributed by atoms with Crippen LogP contribution < -0.4 is 10.6 Å². The molecule has 1 fully saturated rings. The predicted octanol–water partition coefficient (Wildman–Crippen LogP) is 5.66. The van der Waals surface area contributed by atoms with Crippen LogP contribution >= 0.6 is 11.3 Å². The predicted molar refractivity (Wildman–Crippen MR) is 150 cm³/mol. The number of carbonyl (C=O) groups is 2. The molecule has 1 aliphatic heterocycles. The summed E-state index contributed by atoms with van der Waals surface area (Å²) in [4.78, 5) is 42.1. The monoisotopic (exact) mass is 536 g/mol. The molecule has 9 nitrogen and oxygen atoms in total. The number of hydrogen-bond donors (Lipinski definition) is 2. The smallest absolute Gasteiger partial charge is 0.408 e. The van der Waals surface area contributed by atoms with Gasteiger partial charge in [0.05, 0.1) is 4.88 Å². The van der Waals surface area contributed by atoms with Crippen molar-refractivity contribution in [2.45, 2.75) is 71.4 Å². The third-order valence-corrected chi connectivity index (χ3v) is 7.17. The number of nitrogens with zero attached hydrogens (tertiary/aromatic N) is 4. The van der Waals surface area contributed by atoms with Gasteiger partial charge in [-0.15, -0.1) is 0 Å². The molecule has 4 rings (SSSR count). The molecule has 0 atom stereocenters. The molecule has 1 aromatic carbocycles. The van der Waals surface area contributed by atoms with Gasteiger partial charge in [-0.25, -0.2) is 19.7 Å². The lowest BCUT2D eigenvalue weighted by Crippen LogP contribution is -2.57. The third kappa shape index (κ3) is 7.06. The van der Waals surface area contributed by atoms with Crippen molar-refractivity contribution >= 4 is 34.3 Å². The summed E-state index contributed by atoms with van der Waals surface area (Å²) in [7, 11) is 0. The minimum absolute atomic E-state index is 0.124. The van der Waals surface area contributed by atoms with Crippen LogP contribution in [0.3, 0.4) is 0 Å². The summed E-state index contributed by atoms with van der Waals surface area (Å²) in [5, 5.41) is 6.82. The number of piperidine rings is 1. The largest absolute Gasteiger partial charge is 0.444 e. The number of nitrogens with one attached hydrogen (secondary N) is 2. The number of carbonyl (C=O) groups excluding carboxylic acids is 2. The topological polar surface area (TPSA) is 109 Å². The molecule has 10 heteroatoms. The van der Waals surface area contributed by atoms with E-state index in [2.05, 4.69) is 32.7 Å². The van der Waals surface area contributed by atoms with Gasteiger partial charge in [0.25, 0.3) is 0 Å². The van der Waals surface area contributed by atoms with Crippen molar-refractivity contribution in [1.82, 2.24) is 25.2 Å². The van der Waals surface area contributed by atoms with Gasteiger partial charge in [0.2, 0.25) is 5.91 Å². The van der Waals surface area contributed by atoms with Crippen molar-refractivity contribution in [2.24, 2.45) is 0 Å². The summed E-state index contributed by atoms with van der Waals surface area (Å²) in [6.45, 7) is 11.8. The number of anilines is 2. The minimum Gasteiger partial charge on any atom is -0.444 e. The van der Waals surface area contributed by atoms with Crippen LogP contribution in [0.15, 0.2) is 42.6 Å². The number of hydrogen-bond acceptors (Lipinski definition) is 8. The molecule has 0 unspecified atom stereocenters. The minimum atomic E-state index is -1.07. The molecule has 2 amide bonds. The van der Waals surface area contributed by atoms with Crippen LogP contribution in [0.4, 0.5) is 15.7 Å². The lowest BCUT2D eigenvalue weighted by atomic mass is 9.91. The number of aromatic nitrogens is 3. The first-order chi connectivity index (χ1) is 17.9. The molecule has 0 radical (unpaired) electrons. The van der Waals surface area contributed by atoms with Gasteiger partial charge in [-0.2, -0.15) is 0 Å². The fraction of sp³-hybridized carbons (Fsp3) is 0.464. The molecule has 2 N–H and O–H groups in total. The fourth-order valence-electron chi connectivity index (χ4n) is 4.43. The van der Waals surface area contributed by atoms with Crippen LogP contribution in [0, 0.1) is 6.92 Å². The van der Waals surface area contributed by atoms with Crippen molar-refractivity contribution in [3.8, 4) is 10.4 Å². The van der Waals surface area contributed by atoms with E-state index in [1.165, 1.54) is 0 Å². The molecular weight excluding hydrogens is 500 g/mol. The van der Waals surface area contributed by atoms with Crippen molar-refractivity contribution in [3.63, 3.8) is 0 Å². The average molecular weight is 537 g/mol. The summed E-state index contributed by atoms with van der Waals surface area (Å²) in [6.07, 6.45) is 2.82. The Balaban J connectivity index is 1.37. The van der Waals surface area contributed by atoms with E-state index in [4.69, 9.17) is 9.72 Å². The second kappa shape index (κ2) is 11.1. The van der Waals surface area contributed by atoms with Crippen LogP contribution in [0.5, 0.6) is 0 Å². The quantitative estimate of drug-likeness (QED) is 0.418. The molecule has 1 saturated heterocycles. The first-order valence-corrected chi connectivity index (χ1v) is 13.7. The number of thiazole rings is 1. The lowest BCUT2D eigenvalue weighted by molar-refractivity contribution is -0.138. The van der Waals surface area contributed by atoms with E-state index in [-0.39, 0.29) is 11.8 Å². The number of ether oxygens (including phenoxy) is 1. The molecule has 0 spiro atoms. The number of alkyl carbamates (subject to hydrolysis) is 1. The number of likely N-dealkylation sites (tertiary alicyclic amines) is 1. The van der Waals surface area contributed by atoms with Gasteiger partial charge in [-0.05, 0) is 59.9 Å². The maximum atomic E-state index is 13.2. The van der Waals surface area contributed by atoms with E-state index >= 15 is 0 Å². The molecule has 0 aliphatic carbocycles. The van der Waals surface area contributed by atoms with Gasteiger partial charge >= 0.3 is 6.09 Å². The van der Waals surface area contributed by atoms with Crippen LogP contribution in [0.2, 0.25) is 0 Å². The Morgan fingerprint density at radius 2 is 1.74 bits per heavy atom. The lowest BCUT2D eigenvalue weighted by Gasteiger charge is -2.37. The highest BCUT2D eigenvalue weighted by molar-refractivity contribution is 7.18. The van der Waals surface area contributed by atoms with Crippen molar-refractivity contribution < 1.29 is 14.3 Å². The maximum absolute atomic E-state index is 13.2. The SMILES string of the molecule is Cc1nc(Nc2ncc(-c3ccccc3)s2)cc(C2CCN(C(=O)C(C)(C)NC(=O)OC(C)(C)C)CC2)n1. The molecule has 2 aromatic heterocycles. The zero-order valence-corrected chi connectivity index (χ0v) is 23.7. The van der Waals surface area contributed by atoms with E-state index in [1.54, 1.807) is 46.0 Å². The first kappa shape index (κ1) is 27.5. The van der Waals surface area contributed by atoms with E-state index in [0.29, 0.717) is 24.7 Å². The Hall–Kier alpha value is -3.53. The average Bonchev–Trinajstić information content (AvgIpc) is 3.30. The zero-order valence-electron chi connectivity index (χ0n) is 22.9. The van der Waals surface area contributed by atoms with Gasteiger partial charge in [0.15, 0.2) is 5.13 Å². The van der Waals surface area contributed by atoms with Gasteiger partial charge in [0.1, 0.15) is 22.8 Å². The van der Waals surface area contributed by atoms with Crippen LogP contribution in [-0.2, 0) is 9.53 Å². The molecule has 0 bridgehead atoms. The van der Waals surface area contributed by atoms with Gasteiger partial charge < -0.3 is 20.3 Å². The van der Waals surface area contributed by atoms with E-state index in [0.717, 1.165) is 34.1 Å². The van der Waals surface area contributed by atoms with Gasteiger partial charge in [0, 0.05) is 37.0 Å². The second-order valence-electron chi connectivity index (χ2n) is 11.1. The summed E-state index contributed by atoms with van der Waals surface area (Å²) in [5.74, 6) is 1.48. The van der Waals surface area contributed by atoms with Crippen molar-refractivity contribution in [2.75, 3.05) is 18.4 Å². The highest BCUT2D eigenvalue weighted by Gasteiger charge is 2.37. The number of rotatable bonds is 6. The summed E-state index contributed by atoms with van der Waals surface area (Å²) >= 11 is 1.58. The molecule has 3 heterocycles. The standard InChI is InChI=1S/C28H36N6O3S/c1-18-30-21(16-23(31-18)32-25-29-17-22(38-25)20-10-8-7-9-11-20)19-12-14-34(15-13-19)24(35)28(5,6)33-26(36)37-27(2,3)4/h7-11,16-17,19H,12-15H2,1-6H3,(H,33,36)(H,29,30,31,32). The fourth-order valence-corrected chi connectivity index (χ4v) is 5.26. The molecule has 1 aliphatic rings. The molecule has 38 heavy (non-hydrogen) atoms. The van der Waals surface area contributed by atoms with Gasteiger partial charge in [-0.1, -0.05) is 41.7 Å². The van der Waals surface area contributed by atoms with E-state index in [1.807, 2.05) is 42.3 Å². The Morgan fingerprint density at radius 1 is 1.05 bits per heavy atom. The molecule has 202 valence electrons. The highest BCUT2D eigenvalue weighted by Crippen LogP contribution is 2.32. The van der Waals surface area contributed by atoms with Crippen LogP contribution in [0.25, 0.3) is 10.4 Å². The third-order valence-electron chi connectivity index (χ3n) is 6.21. The van der Waals surface area contributed by atoms with E-state index in [9.17, 15) is 9.59 Å². The Labute approximate surface area is 228 Å². The van der Waals surface area contributed by atoms with Crippen molar-refractivity contribution in [1.29, 1.82) is 0 Å². The second-order valence-corrected chi connectivity index (χ2v) is 12.1.